The Kier molecular flexibility index (Phi) is 4.38. The van der Waals surface area contributed by atoms with Crippen molar-refractivity contribution in [2.24, 2.45) is 0 Å². The lowest BCUT2D eigenvalue weighted by Crippen LogP contribution is -2.16. The van der Waals surface area contributed by atoms with Crippen molar-refractivity contribution in [2.75, 3.05) is 17.6 Å². The lowest BCUT2D eigenvalue weighted by molar-refractivity contribution is 0.432. The minimum atomic E-state index is -3.32. The van der Waals surface area contributed by atoms with E-state index in [0.717, 1.165) is 5.56 Å². The van der Waals surface area contributed by atoms with Gasteiger partial charge in [-0.05, 0) is 29.4 Å². The number of aromatic nitrogens is 2. The molecule has 1 heterocycles. The molecule has 0 aliphatic rings. The van der Waals surface area contributed by atoms with Gasteiger partial charge in [-0.3, -0.25) is 0 Å². The van der Waals surface area contributed by atoms with Crippen LogP contribution in [0.3, 0.4) is 0 Å². The van der Waals surface area contributed by atoms with Gasteiger partial charge in [0.2, 0.25) is 0 Å². The van der Waals surface area contributed by atoms with E-state index < -0.39 is 9.84 Å². The first-order valence-corrected chi connectivity index (χ1v) is 8.71. The third-order valence-corrected chi connectivity index (χ3v) is 4.93. The maximum Gasteiger partial charge on any atom is 0.263 e. The molecule has 118 valence electrons. The molecule has 2 aromatic carbocycles. The summed E-state index contributed by atoms with van der Waals surface area (Å²) in [5, 5.41) is 6.66. The van der Waals surface area contributed by atoms with Crippen LogP contribution in [0.4, 0.5) is 5.95 Å². The van der Waals surface area contributed by atoms with Gasteiger partial charge in [-0.1, -0.05) is 36.4 Å². The summed E-state index contributed by atoms with van der Waals surface area (Å²) < 4.78 is 29.4. The fourth-order valence-electron chi connectivity index (χ4n) is 2.04. The quantitative estimate of drug-likeness (QED) is 0.748. The standard InChI is InChI=1S/C16H15N3O3S/c20-23(21,14-9-5-2-6-10-14)12-11-17-16-18-15(22-19-16)13-7-3-1-4-8-13/h1-10H,11-12H2,(H,17,19). The van der Waals surface area contributed by atoms with Crippen molar-refractivity contribution in [3.63, 3.8) is 0 Å². The summed E-state index contributed by atoms with van der Waals surface area (Å²) in [4.78, 5) is 4.49. The number of benzene rings is 2. The minimum absolute atomic E-state index is 0.0494. The highest BCUT2D eigenvalue weighted by Gasteiger charge is 2.14. The molecular weight excluding hydrogens is 314 g/mol. The normalized spacial score (nSPS) is 11.3. The number of hydrogen-bond acceptors (Lipinski definition) is 6. The molecule has 0 spiro atoms. The van der Waals surface area contributed by atoms with Crippen molar-refractivity contribution >= 4 is 15.8 Å². The zero-order valence-electron chi connectivity index (χ0n) is 12.2. The summed E-state index contributed by atoms with van der Waals surface area (Å²) >= 11 is 0. The summed E-state index contributed by atoms with van der Waals surface area (Å²) in [5.41, 5.74) is 0.810. The number of nitrogens with zero attached hydrogens (tertiary/aromatic N) is 2. The third-order valence-electron chi connectivity index (χ3n) is 3.20. The molecule has 0 fully saturated rings. The molecular formula is C16H15N3O3S. The topological polar surface area (TPSA) is 85.1 Å². The maximum absolute atomic E-state index is 12.1. The van der Waals surface area contributed by atoms with Crippen molar-refractivity contribution < 1.29 is 12.9 Å². The Balaban J connectivity index is 1.61. The molecule has 7 heteroatoms. The molecule has 1 aromatic heterocycles. The summed E-state index contributed by atoms with van der Waals surface area (Å²) in [6.07, 6.45) is 0. The van der Waals surface area contributed by atoms with Crippen LogP contribution in [-0.2, 0) is 9.84 Å². The van der Waals surface area contributed by atoms with Gasteiger partial charge < -0.3 is 9.84 Å². The third kappa shape index (κ3) is 3.75. The highest BCUT2D eigenvalue weighted by atomic mass is 32.2. The van der Waals surface area contributed by atoms with Crippen molar-refractivity contribution in [2.45, 2.75) is 4.90 Å². The van der Waals surface area contributed by atoms with Gasteiger partial charge in [0.25, 0.3) is 11.8 Å². The van der Waals surface area contributed by atoms with Crippen molar-refractivity contribution in [3.05, 3.63) is 60.7 Å². The average molecular weight is 329 g/mol. The van der Waals surface area contributed by atoms with E-state index in [0.29, 0.717) is 10.8 Å². The highest BCUT2D eigenvalue weighted by molar-refractivity contribution is 7.91. The molecule has 0 radical (unpaired) electrons. The zero-order valence-corrected chi connectivity index (χ0v) is 13.0. The van der Waals surface area contributed by atoms with Crippen LogP contribution < -0.4 is 5.32 Å². The highest BCUT2D eigenvalue weighted by Crippen LogP contribution is 2.17. The molecule has 0 saturated carbocycles. The van der Waals surface area contributed by atoms with E-state index in [1.807, 2.05) is 30.3 Å². The zero-order chi connectivity index (χ0) is 16.1. The van der Waals surface area contributed by atoms with Gasteiger partial charge in [0.1, 0.15) is 0 Å². The summed E-state index contributed by atoms with van der Waals surface area (Å²) in [6.45, 7) is 0.199. The van der Waals surface area contributed by atoms with Crippen LogP contribution in [0.25, 0.3) is 11.5 Å². The first kappa shape index (κ1) is 15.2. The molecule has 0 unspecified atom stereocenters. The Bertz CT molecular complexity index is 862. The van der Waals surface area contributed by atoms with Gasteiger partial charge in [-0.2, -0.15) is 4.98 Å². The molecule has 0 bridgehead atoms. The summed E-state index contributed by atoms with van der Waals surface area (Å²) in [6, 6.07) is 17.7. The summed E-state index contributed by atoms with van der Waals surface area (Å²) in [5.74, 6) is 0.609. The molecule has 1 N–H and O–H groups in total. The van der Waals surface area contributed by atoms with Crippen LogP contribution in [0, 0.1) is 0 Å². The van der Waals surface area contributed by atoms with E-state index in [4.69, 9.17) is 4.52 Å². The Hall–Kier alpha value is -2.67. The van der Waals surface area contributed by atoms with E-state index in [1.54, 1.807) is 30.3 Å². The molecule has 3 aromatic rings. The lowest BCUT2D eigenvalue weighted by atomic mass is 10.2. The van der Waals surface area contributed by atoms with E-state index >= 15 is 0 Å². The van der Waals surface area contributed by atoms with Crippen LogP contribution >= 0.6 is 0 Å². The largest absolute Gasteiger partial charge is 0.351 e. The molecule has 0 aliphatic carbocycles. The van der Waals surface area contributed by atoms with Crippen LogP contribution in [0.15, 0.2) is 70.1 Å². The number of nitrogens with one attached hydrogen (secondary N) is 1. The number of hydrogen-bond donors (Lipinski definition) is 1. The molecule has 0 atom stereocenters. The van der Waals surface area contributed by atoms with Crippen LogP contribution in [-0.4, -0.2) is 30.9 Å². The fourth-order valence-corrected chi connectivity index (χ4v) is 3.21. The second-order valence-electron chi connectivity index (χ2n) is 4.85. The van der Waals surface area contributed by atoms with E-state index in [-0.39, 0.29) is 18.2 Å². The van der Waals surface area contributed by atoms with Gasteiger partial charge >= 0.3 is 0 Å². The smallest absolute Gasteiger partial charge is 0.263 e. The minimum Gasteiger partial charge on any atom is -0.351 e. The van der Waals surface area contributed by atoms with E-state index in [2.05, 4.69) is 15.5 Å². The molecule has 6 nitrogen and oxygen atoms in total. The SMILES string of the molecule is O=S(=O)(CCNc1noc(-c2ccccc2)n1)c1ccccc1. The number of anilines is 1. The van der Waals surface area contributed by atoms with Crippen LogP contribution in [0.5, 0.6) is 0 Å². The molecule has 23 heavy (non-hydrogen) atoms. The molecule has 0 saturated heterocycles. The average Bonchev–Trinajstić information content (AvgIpc) is 3.05. The Labute approximate surface area is 134 Å². The Morgan fingerprint density at radius 1 is 0.957 bits per heavy atom. The number of rotatable bonds is 6. The van der Waals surface area contributed by atoms with Gasteiger partial charge in [0.15, 0.2) is 9.84 Å². The van der Waals surface area contributed by atoms with Gasteiger partial charge in [0.05, 0.1) is 10.6 Å². The molecule has 0 aliphatic heterocycles. The van der Waals surface area contributed by atoms with Crippen molar-refractivity contribution in [1.82, 2.24) is 10.1 Å². The van der Waals surface area contributed by atoms with Crippen LogP contribution in [0.2, 0.25) is 0 Å². The fraction of sp³-hybridized carbons (Fsp3) is 0.125. The van der Waals surface area contributed by atoms with Crippen molar-refractivity contribution in [3.8, 4) is 11.5 Å². The Morgan fingerprint density at radius 3 is 2.30 bits per heavy atom. The lowest BCUT2D eigenvalue weighted by Gasteiger charge is -2.04. The maximum atomic E-state index is 12.1. The second-order valence-corrected chi connectivity index (χ2v) is 6.96. The van der Waals surface area contributed by atoms with Gasteiger partial charge in [-0.25, -0.2) is 8.42 Å². The second kappa shape index (κ2) is 6.62. The van der Waals surface area contributed by atoms with E-state index in [9.17, 15) is 8.42 Å². The van der Waals surface area contributed by atoms with E-state index in [1.165, 1.54) is 0 Å². The molecule has 0 amide bonds. The predicted molar refractivity (Wildman–Crippen MR) is 86.7 cm³/mol. The van der Waals surface area contributed by atoms with Crippen LogP contribution in [0.1, 0.15) is 0 Å². The monoisotopic (exact) mass is 329 g/mol. The molecule has 3 rings (SSSR count). The van der Waals surface area contributed by atoms with Crippen molar-refractivity contribution in [1.29, 1.82) is 0 Å². The number of sulfone groups is 1. The predicted octanol–water partition coefficient (Wildman–Crippen LogP) is 2.62. The Morgan fingerprint density at radius 2 is 1.61 bits per heavy atom. The van der Waals surface area contributed by atoms with Gasteiger partial charge in [0, 0.05) is 12.1 Å². The first-order chi connectivity index (χ1) is 11.1. The van der Waals surface area contributed by atoms with Gasteiger partial charge in [-0.15, -0.1) is 0 Å². The first-order valence-electron chi connectivity index (χ1n) is 7.06. The summed E-state index contributed by atoms with van der Waals surface area (Å²) in [7, 11) is -3.32.